The number of ether oxygens (including phenoxy) is 3. The lowest BCUT2D eigenvalue weighted by Gasteiger charge is -2.24. The van der Waals surface area contributed by atoms with E-state index in [-0.39, 0.29) is 25.0 Å². The molecule has 4 bridgehead atoms. The Balaban J connectivity index is 1.46. The Hall–Kier alpha value is -3.34. The van der Waals surface area contributed by atoms with Crippen molar-refractivity contribution in [3.05, 3.63) is 34.9 Å². The minimum absolute atomic E-state index is 0.0225. The number of alkyl carbamates (subject to hydrolysis) is 1. The lowest BCUT2D eigenvalue weighted by molar-refractivity contribution is -0.147. The topological polar surface area (TPSA) is 135 Å². The number of fused-ring (bicyclic) bond motifs is 3. The van der Waals surface area contributed by atoms with Crippen molar-refractivity contribution in [1.29, 1.82) is 0 Å². The molecule has 11 heteroatoms. The molecule has 0 aromatic heterocycles. The molecule has 1 aromatic rings. The summed E-state index contributed by atoms with van der Waals surface area (Å²) in [6.45, 7) is 5.62. The third-order valence-corrected chi connectivity index (χ3v) is 7.35. The van der Waals surface area contributed by atoms with Crippen molar-refractivity contribution in [1.82, 2.24) is 15.1 Å². The maximum absolute atomic E-state index is 13.0. The summed E-state index contributed by atoms with van der Waals surface area (Å²) in [6.07, 6.45) is 1.65. The molecule has 4 rings (SSSR count). The normalized spacial score (nSPS) is 25.4. The fraction of sp³-hybridized carbons (Fsp3) is 0.630. The maximum atomic E-state index is 13.0. The van der Waals surface area contributed by atoms with Crippen molar-refractivity contribution in [2.45, 2.75) is 77.8 Å². The van der Waals surface area contributed by atoms with Gasteiger partial charge in [-0.1, -0.05) is 44.9 Å². The van der Waals surface area contributed by atoms with E-state index in [1.165, 1.54) is 0 Å². The summed E-state index contributed by atoms with van der Waals surface area (Å²) in [6, 6.07) is 4.79. The second-order valence-corrected chi connectivity index (χ2v) is 11.0. The lowest BCUT2D eigenvalue weighted by Crippen LogP contribution is -2.46. The van der Waals surface area contributed by atoms with Crippen molar-refractivity contribution >= 4 is 24.1 Å². The predicted octanol–water partition coefficient (Wildman–Crippen LogP) is 3.04. The minimum Gasteiger partial charge on any atom is -0.480 e. The van der Waals surface area contributed by atoms with E-state index in [2.05, 4.69) is 5.32 Å². The number of benzene rings is 1. The summed E-state index contributed by atoms with van der Waals surface area (Å²) in [4.78, 5) is 52.5. The van der Waals surface area contributed by atoms with Crippen LogP contribution >= 0.6 is 0 Å². The van der Waals surface area contributed by atoms with Crippen LogP contribution in [0.2, 0.25) is 0 Å². The zero-order valence-electron chi connectivity index (χ0n) is 22.1. The molecule has 11 nitrogen and oxygen atoms in total. The van der Waals surface area contributed by atoms with Crippen molar-refractivity contribution in [3.8, 4) is 0 Å². The average molecular weight is 532 g/mol. The first-order valence-electron chi connectivity index (χ1n) is 13.2. The number of nitrogens with one attached hydrogen (secondary N) is 1. The highest BCUT2D eigenvalue weighted by molar-refractivity contribution is 5.87. The summed E-state index contributed by atoms with van der Waals surface area (Å²) in [5.41, 5.74) is 2.89. The molecule has 3 aliphatic rings. The van der Waals surface area contributed by atoms with Gasteiger partial charge >= 0.3 is 18.2 Å². The number of hydrogen-bond donors (Lipinski definition) is 2. The Bertz CT molecular complexity index is 1060. The van der Waals surface area contributed by atoms with Crippen LogP contribution in [0.5, 0.6) is 0 Å². The molecule has 208 valence electrons. The maximum Gasteiger partial charge on any atom is 0.410 e. The SMILES string of the molecule is CC1(C)CCCCCOCc2cccc3c2CN(C3)C(=O)OC2CC(C(=O)O)N(C2)C(=O)CNC(=O)OC1. The average Bonchev–Trinajstić information content (AvgIpc) is 3.50. The van der Waals surface area contributed by atoms with Gasteiger partial charge in [0.25, 0.3) is 0 Å². The number of carboxylic acids is 1. The number of carboxylic acid groups (broad SMARTS) is 1. The molecule has 1 fully saturated rings. The second kappa shape index (κ2) is 12.0. The van der Waals surface area contributed by atoms with E-state index < -0.39 is 42.8 Å². The van der Waals surface area contributed by atoms with Crippen LogP contribution in [0.15, 0.2) is 18.2 Å². The zero-order valence-corrected chi connectivity index (χ0v) is 22.1. The monoisotopic (exact) mass is 531 g/mol. The molecule has 1 saturated heterocycles. The van der Waals surface area contributed by atoms with Gasteiger partial charge in [-0.25, -0.2) is 14.4 Å². The van der Waals surface area contributed by atoms with E-state index in [0.29, 0.717) is 26.3 Å². The standard InChI is InChI=1S/C27H37N3O8/c1-27(2)9-4-3-5-10-36-16-19-8-6-7-18-13-29(15-21(18)19)26(35)38-20-11-22(24(32)33)30(14-20)23(31)12-28-25(34)37-17-27/h6-8,20,22H,3-5,9-17H2,1-2H3,(H,28,34)(H,32,33). The molecular formula is C27H37N3O8. The molecule has 3 aliphatic heterocycles. The highest BCUT2D eigenvalue weighted by atomic mass is 16.6. The minimum atomic E-state index is -1.19. The van der Waals surface area contributed by atoms with Crippen molar-refractivity contribution in [2.24, 2.45) is 5.41 Å². The van der Waals surface area contributed by atoms with Crippen LogP contribution in [-0.4, -0.2) is 77.4 Å². The second-order valence-electron chi connectivity index (χ2n) is 11.0. The summed E-state index contributed by atoms with van der Waals surface area (Å²) < 4.78 is 16.9. The van der Waals surface area contributed by atoms with Gasteiger partial charge in [-0.2, -0.15) is 0 Å². The van der Waals surface area contributed by atoms with Gasteiger partial charge in [0, 0.05) is 19.6 Å². The van der Waals surface area contributed by atoms with E-state index in [1.807, 2.05) is 32.0 Å². The Morgan fingerprint density at radius 3 is 2.68 bits per heavy atom. The van der Waals surface area contributed by atoms with E-state index in [4.69, 9.17) is 14.2 Å². The van der Waals surface area contributed by atoms with Gasteiger partial charge in [0.2, 0.25) is 5.91 Å². The molecule has 2 unspecified atom stereocenters. The van der Waals surface area contributed by atoms with Crippen molar-refractivity contribution in [3.63, 3.8) is 0 Å². The summed E-state index contributed by atoms with van der Waals surface area (Å²) in [5, 5.41) is 12.1. The van der Waals surface area contributed by atoms with Gasteiger partial charge < -0.3 is 29.5 Å². The predicted molar refractivity (Wildman–Crippen MR) is 135 cm³/mol. The number of rotatable bonds is 1. The summed E-state index contributed by atoms with van der Waals surface area (Å²) >= 11 is 0. The van der Waals surface area contributed by atoms with Gasteiger partial charge in [-0.3, -0.25) is 9.69 Å². The fourth-order valence-corrected chi connectivity index (χ4v) is 5.17. The molecule has 0 radical (unpaired) electrons. The fourth-order valence-electron chi connectivity index (χ4n) is 5.17. The van der Waals surface area contributed by atoms with Crippen molar-refractivity contribution in [2.75, 3.05) is 26.3 Å². The van der Waals surface area contributed by atoms with Crippen LogP contribution in [0.25, 0.3) is 0 Å². The molecule has 1 aromatic carbocycles. The van der Waals surface area contributed by atoms with E-state index in [9.17, 15) is 24.3 Å². The van der Waals surface area contributed by atoms with E-state index >= 15 is 0 Å². The van der Waals surface area contributed by atoms with Crippen LogP contribution in [0, 0.1) is 5.41 Å². The molecule has 38 heavy (non-hydrogen) atoms. The molecule has 0 aliphatic carbocycles. The number of aliphatic carboxylic acids is 1. The molecule has 2 atom stereocenters. The van der Waals surface area contributed by atoms with Gasteiger partial charge in [-0.15, -0.1) is 0 Å². The van der Waals surface area contributed by atoms with Crippen molar-refractivity contribution < 1.29 is 38.5 Å². The number of nitrogens with zero attached hydrogens (tertiary/aromatic N) is 2. The number of hydrogen-bond acceptors (Lipinski definition) is 7. The first-order chi connectivity index (χ1) is 18.1. The number of amides is 3. The van der Waals surface area contributed by atoms with Crippen LogP contribution in [0.4, 0.5) is 9.59 Å². The molecule has 0 saturated carbocycles. The van der Waals surface area contributed by atoms with Crippen LogP contribution in [0.1, 0.15) is 62.6 Å². The molecule has 3 amide bonds. The van der Waals surface area contributed by atoms with Gasteiger partial charge in [0.05, 0.1) is 26.3 Å². The van der Waals surface area contributed by atoms with Gasteiger partial charge in [0.1, 0.15) is 18.7 Å². The first-order valence-corrected chi connectivity index (χ1v) is 13.2. The highest BCUT2D eigenvalue weighted by Crippen LogP contribution is 2.29. The Labute approximate surface area is 222 Å². The smallest absolute Gasteiger partial charge is 0.410 e. The van der Waals surface area contributed by atoms with Crippen LogP contribution in [-0.2, 0) is 43.5 Å². The summed E-state index contributed by atoms with van der Waals surface area (Å²) in [5.74, 6) is -1.77. The lowest BCUT2D eigenvalue weighted by atomic mass is 9.88. The third kappa shape index (κ3) is 6.94. The van der Waals surface area contributed by atoms with E-state index in [1.54, 1.807) is 4.90 Å². The Morgan fingerprint density at radius 2 is 1.89 bits per heavy atom. The first kappa shape index (κ1) is 27.7. The van der Waals surface area contributed by atoms with Gasteiger partial charge in [0.15, 0.2) is 0 Å². The molecule has 3 heterocycles. The largest absolute Gasteiger partial charge is 0.480 e. The summed E-state index contributed by atoms with van der Waals surface area (Å²) in [7, 11) is 0. The number of carbonyl (C=O) groups is 4. The Morgan fingerprint density at radius 1 is 1.11 bits per heavy atom. The Kier molecular flexibility index (Phi) is 8.76. The third-order valence-electron chi connectivity index (χ3n) is 7.35. The molecular weight excluding hydrogens is 494 g/mol. The molecule has 2 N–H and O–H groups in total. The number of carbonyl (C=O) groups excluding carboxylic acids is 3. The zero-order chi connectivity index (χ0) is 27.3. The van der Waals surface area contributed by atoms with E-state index in [0.717, 1.165) is 47.3 Å². The highest BCUT2D eigenvalue weighted by Gasteiger charge is 2.42. The quantitative estimate of drug-likeness (QED) is 0.565. The van der Waals surface area contributed by atoms with Gasteiger partial charge in [-0.05, 0) is 34.9 Å². The number of cyclic esters (lactones) is 1. The van der Waals surface area contributed by atoms with Crippen LogP contribution < -0.4 is 5.32 Å². The van der Waals surface area contributed by atoms with Crippen LogP contribution in [0.3, 0.4) is 0 Å². The molecule has 0 spiro atoms.